The molecular weight excluding hydrogens is 274 g/mol. The summed E-state index contributed by atoms with van der Waals surface area (Å²) in [6.45, 7) is 0.591. The van der Waals surface area contributed by atoms with Gasteiger partial charge in [0.1, 0.15) is 0 Å². The van der Waals surface area contributed by atoms with Crippen LogP contribution in [0.4, 0.5) is 0 Å². The van der Waals surface area contributed by atoms with Gasteiger partial charge in [-0.25, -0.2) is 0 Å². The zero-order chi connectivity index (χ0) is 11.7. The molecule has 0 spiro atoms. The summed E-state index contributed by atoms with van der Waals surface area (Å²) < 4.78 is 5.22. The van der Waals surface area contributed by atoms with Gasteiger partial charge in [0.05, 0.1) is 12.1 Å². The molecule has 1 saturated heterocycles. The van der Waals surface area contributed by atoms with Gasteiger partial charge in [0, 0.05) is 17.8 Å². The average Bonchev–Trinajstić information content (AvgIpc) is 2.99. The lowest BCUT2D eigenvalue weighted by Crippen LogP contribution is -2.15. The van der Waals surface area contributed by atoms with E-state index in [0.29, 0.717) is 31.1 Å². The maximum Gasteiger partial charge on any atom is 0.243 e. The maximum atomic E-state index is 9.42. The fourth-order valence-electron chi connectivity index (χ4n) is 1.95. The van der Waals surface area contributed by atoms with E-state index >= 15 is 0 Å². The van der Waals surface area contributed by atoms with Crippen LogP contribution in [0.15, 0.2) is 22.0 Å². The fourth-order valence-corrected chi connectivity index (χ4v) is 2.66. The van der Waals surface area contributed by atoms with Crippen LogP contribution in [-0.2, 0) is 6.42 Å². The third-order valence-electron chi connectivity index (χ3n) is 2.80. The van der Waals surface area contributed by atoms with Gasteiger partial charge in [-0.3, -0.25) is 0 Å². The number of aliphatic hydroxyl groups excluding tert-OH is 1. The van der Waals surface area contributed by atoms with Crippen molar-refractivity contribution in [3.63, 3.8) is 0 Å². The maximum absolute atomic E-state index is 9.42. The van der Waals surface area contributed by atoms with Crippen LogP contribution < -0.4 is 5.32 Å². The summed E-state index contributed by atoms with van der Waals surface area (Å²) in [6.07, 6.45) is 1.03. The summed E-state index contributed by atoms with van der Waals surface area (Å²) in [5, 5.41) is 18.6. The van der Waals surface area contributed by atoms with Gasteiger partial charge in [-0.1, -0.05) is 11.2 Å². The molecule has 0 aromatic carbocycles. The van der Waals surface area contributed by atoms with E-state index in [0.717, 1.165) is 0 Å². The predicted octanol–water partition coefficient (Wildman–Crippen LogP) is 1.54. The normalized spacial score (nSPS) is 22.9. The molecule has 2 atom stereocenters. The number of hydrogen-bond acceptors (Lipinski definition) is 6. The first-order valence-corrected chi connectivity index (χ1v) is 6.45. The number of rotatable bonds is 3. The number of thiophene rings is 1. The summed E-state index contributed by atoms with van der Waals surface area (Å²) in [5.41, 5.74) is 0. The van der Waals surface area contributed by atoms with Crippen LogP contribution in [0.3, 0.4) is 0 Å². The van der Waals surface area contributed by atoms with Gasteiger partial charge in [0.15, 0.2) is 5.82 Å². The van der Waals surface area contributed by atoms with E-state index in [4.69, 9.17) is 4.52 Å². The van der Waals surface area contributed by atoms with Gasteiger partial charge >= 0.3 is 0 Å². The molecule has 98 valence electrons. The molecule has 18 heavy (non-hydrogen) atoms. The van der Waals surface area contributed by atoms with Crippen molar-refractivity contribution in [1.82, 2.24) is 15.5 Å². The number of nitrogens with zero attached hydrogens (tertiary/aromatic N) is 2. The lowest BCUT2D eigenvalue weighted by Gasteiger charge is -2.01. The summed E-state index contributed by atoms with van der Waals surface area (Å²) in [4.78, 5) is 5.58. The Labute approximate surface area is 115 Å². The molecule has 2 N–H and O–H groups in total. The fraction of sp³-hybridized carbons (Fsp3) is 0.455. The molecule has 0 unspecified atom stereocenters. The minimum Gasteiger partial charge on any atom is -0.392 e. The quantitative estimate of drug-likeness (QED) is 0.896. The van der Waals surface area contributed by atoms with Gasteiger partial charge < -0.3 is 14.9 Å². The molecule has 3 heterocycles. The second-order valence-corrected chi connectivity index (χ2v) is 5.19. The first kappa shape index (κ1) is 13.5. The third kappa shape index (κ3) is 2.89. The molecule has 0 amide bonds. The number of hydrogen-bond donors (Lipinski definition) is 2. The Morgan fingerprint density at radius 2 is 2.44 bits per heavy atom. The van der Waals surface area contributed by atoms with Gasteiger partial charge in [-0.05, 0) is 17.9 Å². The molecule has 0 radical (unpaired) electrons. The Balaban J connectivity index is 0.00000120. The zero-order valence-electron chi connectivity index (χ0n) is 9.57. The molecule has 0 aliphatic carbocycles. The van der Waals surface area contributed by atoms with E-state index in [-0.39, 0.29) is 24.6 Å². The zero-order valence-corrected chi connectivity index (χ0v) is 11.2. The van der Waals surface area contributed by atoms with E-state index in [2.05, 4.69) is 21.5 Å². The summed E-state index contributed by atoms with van der Waals surface area (Å²) >= 11 is 1.68. The van der Waals surface area contributed by atoms with Crippen LogP contribution >= 0.6 is 23.7 Å². The van der Waals surface area contributed by atoms with E-state index in [1.54, 1.807) is 11.3 Å². The van der Waals surface area contributed by atoms with Crippen LogP contribution in [0.2, 0.25) is 0 Å². The number of halogens is 1. The highest BCUT2D eigenvalue weighted by Gasteiger charge is 2.28. The minimum absolute atomic E-state index is 0. The molecular formula is C11H14ClN3O2S. The van der Waals surface area contributed by atoms with Crippen LogP contribution in [-0.4, -0.2) is 27.9 Å². The molecule has 2 aromatic heterocycles. The molecule has 0 saturated carbocycles. The number of nitrogens with one attached hydrogen (secondary N) is 1. The standard InChI is InChI=1S/C11H13N3O2S.ClH/c15-7-4-9(12-6-7)11-13-10(14-16-11)5-8-2-1-3-17-8;/h1-3,7,9,12,15H,4-6H2;1H/t7-,9-;/m1./s1. The topological polar surface area (TPSA) is 71.2 Å². The average molecular weight is 288 g/mol. The van der Waals surface area contributed by atoms with Crippen molar-refractivity contribution in [3.05, 3.63) is 34.1 Å². The van der Waals surface area contributed by atoms with Crippen molar-refractivity contribution in [2.45, 2.75) is 25.0 Å². The van der Waals surface area contributed by atoms with Crippen LogP contribution in [0.25, 0.3) is 0 Å². The second kappa shape index (κ2) is 5.79. The van der Waals surface area contributed by atoms with E-state index in [1.807, 2.05) is 11.4 Å². The highest BCUT2D eigenvalue weighted by Crippen LogP contribution is 2.22. The monoisotopic (exact) mass is 287 g/mol. The van der Waals surface area contributed by atoms with Crippen molar-refractivity contribution in [2.75, 3.05) is 6.54 Å². The van der Waals surface area contributed by atoms with Crippen LogP contribution in [0.1, 0.15) is 29.1 Å². The molecule has 5 nitrogen and oxygen atoms in total. The summed E-state index contributed by atoms with van der Waals surface area (Å²) in [5.74, 6) is 1.28. The van der Waals surface area contributed by atoms with E-state index in [9.17, 15) is 5.11 Å². The Morgan fingerprint density at radius 1 is 1.56 bits per heavy atom. The highest BCUT2D eigenvalue weighted by atomic mass is 35.5. The number of β-amino-alcohol motifs (C(OH)–C–C–N with tert-alkyl or cyclic N) is 1. The van der Waals surface area contributed by atoms with Gasteiger partial charge in [0.25, 0.3) is 0 Å². The predicted molar refractivity (Wildman–Crippen MR) is 70.0 cm³/mol. The van der Waals surface area contributed by atoms with Gasteiger partial charge in [-0.15, -0.1) is 23.7 Å². The lowest BCUT2D eigenvalue weighted by atomic mass is 10.2. The SMILES string of the molecule is Cl.O[C@H]1CN[C@@H](c2nc(Cc3cccs3)no2)C1. The van der Waals surface area contributed by atoms with E-state index in [1.165, 1.54) is 4.88 Å². The Bertz CT molecular complexity index is 488. The lowest BCUT2D eigenvalue weighted by molar-refractivity contribution is 0.191. The van der Waals surface area contributed by atoms with Crippen molar-refractivity contribution >= 4 is 23.7 Å². The first-order chi connectivity index (χ1) is 8.31. The molecule has 1 fully saturated rings. The molecule has 2 aromatic rings. The Kier molecular flexibility index (Phi) is 4.34. The van der Waals surface area contributed by atoms with E-state index < -0.39 is 0 Å². The van der Waals surface area contributed by atoms with Gasteiger partial charge in [-0.2, -0.15) is 4.98 Å². The number of aromatic nitrogens is 2. The molecule has 3 rings (SSSR count). The van der Waals surface area contributed by atoms with Crippen LogP contribution in [0, 0.1) is 0 Å². The molecule has 1 aliphatic rings. The number of aliphatic hydroxyl groups is 1. The summed E-state index contributed by atoms with van der Waals surface area (Å²) in [6, 6.07) is 4.06. The first-order valence-electron chi connectivity index (χ1n) is 5.57. The molecule has 1 aliphatic heterocycles. The Morgan fingerprint density at radius 3 is 3.11 bits per heavy atom. The van der Waals surface area contributed by atoms with Crippen LogP contribution in [0.5, 0.6) is 0 Å². The summed E-state index contributed by atoms with van der Waals surface area (Å²) in [7, 11) is 0. The highest BCUT2D eigenvalue weighted by molar-refractivity contribution is 7.09. The van der Waals surface area contributed by atoms with Crippen molar-refractivity contribution in [3.8, 4) is 0 Å². The van der Waals surface area contributed by atoms with Crippen molar-refractivity contribution in [2.24, 2.45) is 0 Å². The van der Waals surface area contributed by atoms with Gasteiger partial charge in [0.2, 0.25) is 5.89 Å². The molecule has 7 heteroatoms. The molecule has 0 bridgehead atoms. The van der Waals surface area contributed by atoms with Crippen molar-refractivity contribution in [1.29, 1.82) is 0 Å². The third-order valence-corrected chi connectivity index (χ3v) is 3.68. The Hall–Kier alpha value is -0.950. The van der Waals surface area contributed by atoms with Crippen molar-refractivity contribution < 1.29 is 9.63 Å². The minimum atomic E-state index is -0.312. The smallest absolute Gasteiger partial charge is 0.243 e. The second-order valence-electron chi connectivity index (χ2n) is 4.16. The largest absolute Gasteiger partial charge is 0.392 e.